The first-order valence-electron chi connectivity index (χ1n) is 5.79. The summed E-state index contributed by atoms with van der Waals surface area (Å²) in [6.07, 6.45) is 0. The molecule has 3 rings (SSSR count). The van der Waals surface area contributed by atoms with Crippen molar-refractivity contribution in [2.45, 2.75) is 13.5 Å². The van der Waals surface area contributed by atoms with E-state index in [2.05, 4.69) is 20.0 Å². The maximum absolute atomic E-state index is 5.01. The highest BCUT2D eigenvalue weighted by Gasteiger charge is 2.11. The van der Waals surface area contributed by atoms with Gasteiger partial charge in [-0.25, -0.2) is 10.9 Å². The summed E-state index contributed by atoms with van der Waals surface area (Å²) >= 11 is 0. The van der Waals surface area contributed by atoms with Crippen molar-refractivity contribution in [3.05, 3.63) is 41.8 Å². The molecule has 1 aromatic carbocycles. The van der Waals surface area contributed by atoms with Gasteiger partial charge in [-0.05, 0) is 24.6 Å². The number of hydrogen-bond donors (Lipinski definition) is 1. The fourth-order valence-electron chi connectivity index (χ4n) is 1.95. The Kier molecular flexibility index (Phi) is 2.94. The average Bonchev–Trinajstić information content (AvgIpc) is 2.88. The third-order valence-corrected chi connectivity index (χ3v) is 2.83. The van der Waals surface area contributed by atoms with Crippen molar-refractivity contribution < 1.29 is 9.36 Å². The quantitative estimate of drug-likeness (QED) is 0.721. The minimum absolute atomic E-state index is 0.0829. The minimum atomic E-state index is 0.0829. The van der Waals surface area contributed by atoms with Gasteiger partial charge in [0.05, 0.1) is 5.52 Å². The molecule has 96 valence electrons. The second-order valence-electron chi connectivity index (χ2n) is 4.16. The summed E-state index contributed by atoms with van der Waals surface area (Å²) < 4.78 is 5.01. The van der Waals surface area contributed by atoms with Gasteiger partial charge in [0, 0.05) is 5.39 Å². The zero-order valence-electron chi connectivity index (χ0n) is 10.3. The highest BCUT2D eigenvalue weighted by atomic mass is 16.6. The van der Waals surface area contributed by atoms with E-state index < -0.39 is 0 Å². The lowest BCUT2D eigenvalue weighted by Crippen LogP contribution is -1.98. The highest BCUT2D eigenvalue weighted by molar-refractivity contribution is 5.84. The molecule has 0 amide bonds. The number of rotatable bonds is 3. The van der Waals surface area contributed by atoms with Gasteiger partial charge in [0.25, 0.3) is 5.89 Å². The van der Waals surface area contributed by atoms with E-state index in [1.54, 1.807) is 0 Å². The fourth-order valence-corrected chi connectivity index (χ4v) is 1.95. The summed E-state index contributed by atoms with van der Waals surface area (Å²) in [6.45, 7) is 2.11. The Bertz CT molecular complexity index is 723. The molecule has 0 atom stereocenters. The first kappa shape index (κ1) is 11.8. The summed E-state index contributed by atoms with van der Waals surface area (Å²) in [5.41, 5.74) is 2.68. The summed E-state index contributed by atoms with van der Waals surface area (Å²) in [6, 6.07) is 9.85. The molecule has 0 unspecified atom stereocenters. The molecule has 3 aromatic rings. The maximum Gasteiger partial charge on any atom is 0.255 e. The second-order valence-corrected chi connectivity index (χ2v) is 4.16. The second kappa shape index (κ2) is 4.75. The zero-order valence-corrected chi connectivity index (χ0v) is 10.3. The van der Waals surface area contributed by atoms with Crippen LogP contribution in [0.4, 0.5) is 0 Å². The number of nitrogens with two attached hydrogens (primary N) is 1. The van der Waals surface area contributed by atoms with Gasteiger partial charge in [-0.15, -0.1) is 0 Å². The summed E-state index contributed by atoms with van der Waals surface area (Å²) in [4.78, 5) is 13.1. The van der Waals surface area contributed by atoms with Crippen molar-refractivity contribution in [2.75, 3.05) is 0 Å². The lowest BCUT2D eigenvalue weighted by atomic mass is 10.1. The van der Waals surface area contributed by atoms with Crippen LogP contribution in [0.25, 0.3) is 22.4 Å². The normalized spacial score (nSPS) is 11.1. The molecule has 6 nitrogen and oxygen atoms in total. The molecule has 2 aromatic heterocycles. The molecule has 0 bridgehead atoms. The predicted octanol–water partition coefficient (Wildman–Crippen LogP) is 1.98. The van der Waals surface area contributed by atoms with Crippen molar-refractivity contribution in [1.82, 2.24) is 15.1 Å². The third kappa shape index (κ3) is 2.18. The van der Waals surface area contributed by atoms with Crippen molar-refractivity contribution in [3.63, 3.8) is 0 Å². The minimum Gasteiger partial charge on any atom is -0.336 e. The molecular weight excluding hydrogens is 244 g/mol. The Balaban J connectivity index is 2.09. The summed E-state index contributed by atoms with van der Waals surface area (Å²) in [5.74, 6) is 5.72. The molecule has 0 fully saturated rings. The van der Waals surface area contributed by atoms with Crippen LogP contribution in [0.5, 0.6) is 0 Å². The molecule has 0 radical (unpaired) electrons. The standard InChI is InChI=1S/C13H12N4O2/c1-8-6-11(13-16-12(7-18-14)19-17-13)15-10-5-3-2-4-9(8)10/h2-6H,7,14H2,1H3. The highest BCUT2D eigenvalue weighted by Crippen LogP contribution is 2.22. The number of pyridine rings is 1. The van der Waals surface area contributed by atoms with Gasteiger partial charge < -0.3 is 4.52 Å². The molecular formula is C13H12N4O2. The smallest absolute Gasteiger partial charge is 0.255 e. The van der Waals surface area contributed by atoms with E-state index in [1.165, 1.54) is 0 Å². The Labute approximate surface area is 109 Å². The Morgan fingerprint density at radius 3 is 2.95 bits per heavy atom. The van der Waals surface area contributed by atoms with E-state index in [0.717, 1.165) is 16.5 Å². The Morgan fingerprint density at radius 2 is 2.11 bits per heavy atom. The van der Waals surface area contributed by atoms with Crippen LogP contribution in [-0.4, -0.2) is 15.1 Å². The lowest BCUT2D eigenvalue weighted by molar-refractivity contribution is 0.0996. The van der Waals surface area contributed by atoms with Crippen molar-refractivity contribution in [1.29, 1.82) is 0 Å². The van der Waals surface area contributed by atoms with Crippen molar-refractivity contribution in [3.8, 4) is 11.5 Å². The largest absolute Gasteiger partial charge is 0.336 e. The molecule has 0 saturated heterocycles. The van der Waals surface area contributed by atoms with E-state index >= 15 is 0 Å². The number of hydrogen-bond acceptors (Lipinski definition) is 6. The Hall–Kier alpha value is -2.31. The van der Waals surface area contributed by atoms with Crippen LogP contribution >= 0.6 is 0 Å². The average molecular weight is 256 g/mol. The Morgan fingerprint density at radius 1 is 1.26 bits per heavy atom. The number of aryl methyl sites for hydroxylation is 1. The molecule has 0 aliphatic rings. The molecule has 0 aliphatic heterocycles. The number of para-hydroxylation sites is 1. The first-order chi connectivity index (χ1) is 9.28. The van der Waals surface area contributed by atoms with E-state index in [-0.39, 0.29) is 6.61 Å². The lowest BCUT2D eigenvalue weighted by Gasteiger charge is -2.03. The van der Waals surface area contributed by atoms with E-state index in [0.29, 0.717) is 17.4 Å². The third-order valence-electron chi connectivity index (χ3n) is 2.83. The van der Waals surface area contributed by atoms with Crippen LogP contribution in [0.1, 0.15) is 11.5 Å². The van der Waals surface area contributed by atoms with Crippen LogP contribution in [0.3, 0.4) is 0 Å². The number of nitrogens with zero attached hydrogens (tertiary/aromatic N) is 3. The van der Waals surface area contributed by atoms with Crippen LogP contribution in [0.2, 0.25) is 0 Å². The molecule has 2 N–H and O–H groups in total. The number of aromatic nitrogens is 3. The van der Waals surface area contributed by atoms with Gasteiger partial charge in [0.1, 0.15) is 12.3 Å². The van der Waals surface area contributed by atoms with Gasteiger partial charge in [-0.1, -0.05) is 23.4 Å². The predicted molar refractivity (Wildman–Crippen MR) is 68.7 cm³/mol. The molecule has 6 heteroatoms. The number of benzene rings is 1. The summed E-state index contributed by atoms with van der Waals surface area (Å²) in [7, 11) is 0. The molecule has 19 heavy (non-hydrogen) atoms. The molecule has 0 spiro atoms. The monoisotopic (exact) mass is 256 g/mol. The van der Waals surface area contributed by atoms with Gasteiger partial charge in [-0.3, -0.25) is 4.84 Å². The molecule has 0 aliphatic carbocycles. The van der Waals surface area contributed by atoms with Gasteiger partial charge in [0.15, 0.2) is 0 Å². The van der Waals surface area contributed by atoms with Crippen LogP contribution < -0.4 is 5.90 Å². The first-order valence-corrected chi connectivity index (χ1v) is 5.79. The van der Waals surface area contributed by atoms with Crippen LogP contribution in [0, 0.1) is 6.92 Å². The van der Waals surface area contributed by atoms with Gasteiger partial charge in [-0.2, -0.15) is 4.98 Å². The van der Waals surface area contributed by atoms with Crippen molar-refractivity contribution >= 4 is 10.9 Å². The zero-order chi connectivity index (χ0) is 13.2. The van der Waals surface area contributed by atoms with E-state index in [9.17, 15) is 0 Å². The van der Waals surface area contributed by atoms with Gasteiger partial charge in [0.2, 0.25) is 5.82 Å². The SMILES string of the molecule is Cc1cc(-c2noc(CON)n2)nc2ccccc12. The van der Waals surface area contributed by atoms with Crippen LogP contribution in [0.15, 0.2) is 34.9 Å². The fraction of sp³-hybridized carbons (Fsp3) is 0.154. The van der Waals surface area contributed by atoms with E-state index in [1.807, 2.05) is 37.3 Å². The maximum atomic E-state index is 5.01. The summed E-state index contributed by atoms with van der Waals surface area (Å²) in [5, 5.41) is 4.98. The molecule has 2 heterocycles. The topological polar surface area (TPSA) is 87.1 Å². The van der Waals surface area contributed by atoms with Crippen molar-refractivity contribution in [2.24, 2.45) is 5.90 Å². The molecule has 0 saturated carbocycles. The van der Waals surface area contributed by atoms with E-state index in [4.69, 9.17) is 10.4 Å². The van der Waals surface area contributed by atoms with Gasteiger partial charge >= 0.3 is 0 Å². The number of fused-ring (bicyclic) bond motifs is 1. The van der Waals surface area contributed by atoms with Crippen LogP contribution in [-0.2, 0) is 11.4 Å².